The molecule has 0 fully saturated rings. The Hall–Kier alpha value is -0.770. The number of amidine groups is 1. The summed E-state index contributed by atoms with van der Waals surface area (Å²) in [6.07, 6.45) is 9.96. The average molecular weight is 282 g/mol. The summed E-state index contributed by atoms with van der Waals surface area (Å²) in [5.41, 5.74) is 3.62. The van der Waals surface area contributed by atoms with Crippen LogP contribution in [0.25, 0.3) is 0 Å². The second-order valence-corrected chi connectivity index (χ2v) is 5.68. The van der Waals surface area contributed by atoms with Crippen LogP contribution < -0.4 is 5.43 Å². The SMILES string of the molecule is CCCCNN1C(CCC)=NN(CCCC)C1CCC. The first-order valence-corrected chi connectivity index (χ1v) is 8.65. The highest BCUT2D eigenvalue weighted by molar-refractivity contribution is 5.83. The van der Waals surface area contributed by atoms with Gasteiger partial charge >= 0.3 is 0 Å². The molecule has 0 aromatic heterocycles. The molecule has 0 spiro atoms. The Morgan fingerprint density at radius 3 is 2.35 bits per heavy atom. The number of hydrogen-bond donors (Lipinski definition) is 1. The van der Waals surface area contributed by atoms with Crippen LogP contribution in [0.15, 0.2) is 5.10 Å². The number of nitrogens with one attached hydrogen (secondary N) is 1. The third-order valence-electron chi connectivity index (χ3n) is 3.74. The van der Waals surface area contributed by atoms with Crippen LogP contribution in [0.1, 0.15) is 79.1 Å². The van der Waals surface area contributed by atoms with E-state index in [9.17, 15) is 0 Å². The van der Waals surface area contributed by atoms with Gasteiger partial charge in [0.25, 0.3) is 0 Å². The minimum absolute atomic E-state index is 0.421. The largest absolute Gasteiger partial charge is 0.271 e. The molecule has 0 radical (unpaired) electrons. The molecular weight excluding hydrogens is 248 g/mol. The van der Waals surface area contributed by atoms with E-state index in [0.717, 1.165) is 25.9 Å². The van der Waals surface area contributed by atoms with E-state index in [-0.39, 0.29) is 0 Å². The summed E-state index contributed by atoms with van der Waals surface area (Å²) in [7, 11) is 0. The van der Waals surface area contributed by atoms with Crippen molar-refractivity contribution in [3.8, 4) is 0 Å². The Morgan fingerprint density at radius 1 is 1.00 bits per heavy atom. The molecule has 1 unspecified atom stereocenters. The third kappa shape index (κ3) is 4.97. The molecule has 1 aliphatic rings. The van der Waals surface area contributed by atoms with Crippen LogP contribution in [0, 0.1) is 0 Å². The number of rotatable bonds is 11. The summed E-state index contributed by atoms with van der Waals surface area (Å²) >= 11 is 0. The second-order valence-electron chi connectivity index (χ2n) is 5.68. The van der Waals surface area contributed by atoms with E-state index >= 15 is 0 Å². The maximum absolute atomic E-state index is 4.89. The summed E-state index contributed by atoms with van der Waals surface area (Å²) < 4.78 is 0. The first kappa shape index (κ1) is 17.3. The van der Waals surface area contributed by atoms with Crippen molar-refractivity contribution < 1.29 is 0 Å². The smallest absolute Gasteiger partial charge is 0.141 e. The first-order chi connectivity index (χ1) is 9.78. The highest BCUT2D eigenvalue weighted by Gasteiger charge is 2.32. The Labute approximate surface area is 125 Å². The zero-order valence-electron chi connectivity index (χ0n) is 14.0. The molecule has 0 saturated heterocycles. The van der Waals surface area contributed by atoms with E-state index in [0.29, 0.717) is 6.17 Å². The summed E-state index contributed by atoms with van der Waals surface area (Å²) in [6.45, 7) is 11.1. The fourth-order valence-corrected chi connectivity index (χ4v) is 2.59. The third-order valence-corrected chi connectivity index (χ3v) is 3.74. The van der Waals surface area contributed by atoms with Crippen molar-refractivity contribution in [1.29, 1.82) is 0 Å². The van der Waals surface area contributed by atoms with Gasteiger partial charge in [0, 0.05) is 19.5 Å². The molecule has 0 bridgehead atoms. The number of hydrogen-bond acceptors (Lipinski definition) is 4. The Kier molecular flexibility index (Phi) is 8.67. The zero-order valence-corrected chi connectivity index (χ0v) is 14.0. The predicted molar refractivity (Wildman–Crippen MR) is 87.4 cm³/mol. The van der Waals surface area contributed by atoms with Gasteiger partial charge in [-0.05, 0) is 25.7 Å². The fourth-order valence-electron chi connectivity index (χ4n) is 2.59. The van der Waals surface area contributed by atoms with Gasteiger partial charge in [0.2, 0.25) is 0 Å². The molecule has 0 aliphatic carbocycles. The highest BCUT2D eigenvalue weighted by Crippen LogP contribution is 2.21. The van der Waals surface area contributed by atoms with Gasteiger partial charge in [-0.2, -0.15) is 5.10 Å². The van der Waals surface area contributed by atoms with E-state index in [1.165, 1.54) is 44.4 Å². The molecule has 1 N–H and O–H groups in total. The van der Waals surface area contributed by atoms with E-state index in [1.54, 1.807) is 0 Å². The van der Waals surface area contributed by atoms with Crippen LogP contribution in [-0.4, -0.2) is 35.1 Å². The van der Waals surface area contributed by atoms with Crippen LogP contribution >= 0.6 is 0 Å². The molecule has 1 heterocycles. The second kappa shape index (κ2) is 10.0. The zero-order chi connectivity index (χ0) is 14.8. The Balaban J connectivity index is 2.69. The lowest BCUT2D eigenvalue weighted by Gasteiger charge is -2.32. The van der Waals surface area contributed by atoms with Gasteiger partial charge in [-0.1, -0.05) is 47.0 Å². The van der Waals surface area contributed by atoms with Gasteiger partial charge in [0.15, 0.2) is 0 Å². The monoisotopic (exact) mass is 282 g/mol. The first-order valence-electron chi connectivity index (χ1n) is 8.65. The average Bonchev–Trinajstić information content (AvgIpc) is 2.76. The van der Waals surface area contributed by atoms with Crippen LogP contribution in [0.2, 0.25) is 0 Å². The summed E-state index contributed by atoms with van der Waals surface area (Å²) in [4.78, 5) is 0. The maximum atomic E-state index is 4.89. The molecule has 1 rings (SSSR count). The molecule has 4 heteroatoms. The van der Waals surface area contributed by atoms with E-state index in [4.69, 9.17) is 5.10 Å². The normalized spacial score (nSPS) is 18.8. The Morgan fingerprint density at radius 2 is 1.75 bits per heavy atom. The van der Waals surface area contributed by atoms with Gasteiger partial charge in [-0.3, -0.25) is 10.0 Å². The molecule has 4 nitrogen and oxygen atoms in total. The van der Waals surface area contributed by atoms with Crippen LogP contribution in [0.5, 0.6) is 0 Å². The van der Waals surface area contributed by atoms with Gasteiger partial charge in [0.05, 0.1) is 0 Å². The van der Waals surface area contributed by atoms with Crippen molar-refractivity contribution >= 4 is 5.84 Å². The summed E-state index contributed by atoms with van der Waals surface area (Å²) in [6, 6.07) is 0. The van der Waals surface area contributed by atoms with Crippen molar-refractivity contribution in [2.24, 2.45) is 5.10 Å². The van der Waals surface area contributed by atoms with Gasteiger partial charge in [0.1, 0.15) is 12.0 Å². The minimum atomic E-state index is 0.421. The number of unbranched alkanes of at least 4 members (excludes halogenated alkanes) is 2. The van der Waals surface area contributed by atoms with Crippen molar-refractivity contribution in [2.75, 3.05) is 13.1 Å². The van der Waals surface area contributed by atoms with Crippen molar-refractivity contribution in [3.63, 3.8) is 0 Å². The van der Waals surface area contributed by atoms with Crippen molar-refractivity contribution in [1.82, 2.24) is 15.4 Å². The maximum Gasteiger partial charge on any atom is 0.141 e. The molecule has 0 amide bonds. The highest BCUT2D eigenvalue weighted by atomic mass is 15.7. The minimum Gasteiger partial charge on any atom is -0.271 e. The summed E-state index contributed by atoms with van der Waals surface area (Å²) in [5, 5.41) is 9.56. The quantitative estimate of drug-likeness (QED) is 0.582. The lowest BCUT2D eigenvalue weighted by molar-refractivity contribution is 0.0857. The van der Waals surface area contributed by atoms with E-state index in [2.05, 4.69) is 43.1 Å². The molecular formula is C16H34N4. The van der Waals surface area contributed by atoms with Crippen LogP contribution in [0.4, 0.5) is 0 Å². The molecule has 1 atom stereocenters. The molecule has 1 aliphatic heterocycles. The topological polar surface area (TPSA) is 30.9 Å². The van der Waals surface area contributed by atoms with Crippen molar-refractivity contribution in [2.45, 2.75) is 85.2 Å². The van der Waals surface area contributed by atoms with Gasteiger partial charge in [-0.15, -0.1) is 0 Å². The molecule has 0 aromatic carbocycles. The number of hydrazone groups is 1. The van der Waals surface area contributed by atoms with Crippen LogP contribution in [0.3, 0.4) is 0 Å². The Bertz CT molecular complexity index is 278. The molecule has 0 aromatic rings. The fraction of sp³-hybridized carbons (Fsp3) is 0.938. The van der Waals surface area contributed by atoms with E-state index < -0.39 is 0 Å². The molecule has 118 valence electrons. The number of nitrogens with zero attached hydrogens (tertiary/aromatic N) is 3. The van der Waals surface area contributed by atoms with E-state index in [1.807, 2.05) is 0 Å². The number of hydrazine groups is 1. The molecule has 20 heavy (non-hydrogen) atoms. The van der Waals surface area contributed by atoms with Gasteiger partial charge < -0.3 is 0 Å². The predicted octanol–water partition coefficient (Wildman–Crippen LogP) is 3.95. The summed E-state index contributed by atoms with van der Waals surface area (Å²) in [5.74, 6) is 1.23. The lowest BCUT2D eigenvalue weighted by atomic mass is 10.2. The van der Waals surface area contributed by atoms with Crippen molar-refractivity contribution in [3.05, 3.63) is 0 Å². The van der Waals surface area contributed by atoms with Gasteiger partial charge in [-0.25, -0.2) is 5.43 Å². The lowest BCUT2D eigenvalue weighted by Crippen LogP contribution is -2.50. The standard InChI is InChI=1S/C16H34N4/c1-5-9-13-17-20-15(11-7-3)18-19(14-10-6-2)16(20)12-8-4/h16-17H,5-14H2,1-4H3. The van der Waals surface area contributed by atoms with Crippen LogP contribution in [-0.2, 0) is 0 Å². The molecule has 0 saturated carbocycles.